The highest BCUT2D eigenvalue weighted by Gasteiger charge is 2.30. The zero-order chi connectivity index (χ0) is 19.6. The zero-order valence-electron chi connectivity index (χ0n) is 14.5. The van der Waals surface area contributed by atoms with Gasteiger partial charge in [-0.3, -0.25) is 10.2 Å². The van der Waals surface area contributed by atoms with Crippen LogP contribution in [0.5, 0.6) is 0 Å². The number of rotatable bonds is 4. The maximum absolute atomic E-state index is 13.1. The van der Waals surface area contributed by atoms with Crippen LogP contribution >= 0.6 is 0 Å². The summed E-state index contributed by atoms with van der Waals surface area (Å²) in [6, 6.07) is 11.8. The monoisotopic (exact) mass is 367 g/mol. The molecule has 0 saturated heterocycles. The lowest BCUT2D eigenvalue weighted by molar-refractivity contribution is -0.137. The van der Waals surface area contributed by atoms with Crippen molar-refractivity contribution in [3.63, 3.8) is 0 Å². The van der Waals surface area contributed by atoms with Crippen molar-refractivity contribution in [2.45, 2.75) is 13.1 Å². The summed E-state index contributed by atoms with van der Waals surface area (Å²) in [5, 5.41) is 10.0. The molecule has 0 heterocycles. The molecule has 0 atom stereocenters. The van der Waals surface area contributed by atoms with E-state index in [1.54, 1.807) is 48.6 Å². The summed E-state index contributed by atoms with van der Waals surface area (Å²) in [6.45, 7) is 1.82. The van der Waals surface area contributed by atoms with Gasteiger partial charge in [0.1, 0.15) is 5.71 Å². The SMILES string of the molecule is C/C=C\C=C/C(=N)C(=O)c1cc2ccc(C(F)(F)F)cc2c2ccccc12. The van der Waals surface area contributed by atoms with E-state index in [1.807, 2.05) is 6.92 Å². The number of hydrogen-bond donors (Lipinski definition) is 1. The summed E-state index contributed by atoms with van der Waals surface area (Å²) >= 11 is 0. The fourth-order valence-corrected chi connectivity index (χ4v) is 2.95. The summed E-state index contributed by atoms with van der Waals surface area (Å²) in [4.78, 5) is 12.7. The molecule has 3 rings (SSSR count). The summed E-state index contributed by atoms with van der Waals surface area (Å²) < 4.78 is 39.2. The fourth-order valence-electron chi connectivity index (χ4n) is 2.95. The Kier molecular flexibility index (Phi) is 4.95. The summed E-state index contributed by atoms with van der Waals surface area (Å²) in [5.41, 5.74) is -0.626. The normalized spacial score (nSPS) is 12.4. The third-order valence-corrected chi connectivity index (χ3v) is 4.24. The van der Waals surface area contributed by atoms with E-state index in [0.717, 1.165) is 12.1 Å². The van der Waals surface area contributed by atoms with Gasteiger partial charge in [-0.25, -0.2) is 0 Å². The van der Waals surface area contributed by atoms with Crippen LogP contribution < -0.4 is 0 Å². The minimum absolute atomic E-state index is 0.190. The second-order valence-corrected chi connectivity index (χ2v) is 6.03. The lowest BCUT2D eigenvalue weighted by Crippen LogP contribution is -2.11. The first-order chi connectivity index (χ1) is 12.8. The van der Waals surface area contributed by atoms with Gasteiger partial charge in [0.15, 0.2) is 0 Å². The minimum Gasteiger partial charge on any atom is -0.297 e. The Hall–Kier alpha value is -3.21. The van der Waals surface area contributed by atoms with E-state index in [4.69, 9.17) is 5.41 Å². The molecule has 3 aromatic rings. The molecule has 0 aliphatic carbocycles. The first-order valence-electron chi connectivity index (χ1n) is 8.28. The Labute approximate surface area is 154 Å². The van der Waals surface area contributed by atoms with E-state index < -0.39 is 17.5 Å². The van der Waals surface area contributed by atoms with Crippen molar-refractivity contribution in [3.8, 4) is 0 Å². The second-order valence-electron chi connectivity index (χ2n) is 6.03. The molecule has 0 amide bonds. The molecule has 136 valence electrons. The molecule has 0 aromatic heterocycles. The molecule has 0 saturated carbocycles. The highest BCUT2D eigenvalue weighted by atomic mass is 19.4. The second kappa shape index (κ2) is 7.19. The Morgan fingerprint density at radius 1 is 0.963 bits per heavy atom. The highest BCUT2D eigenvalue weighted by molar-refractivity contribution is 6.50. The lowest BCUT2D eigenvalue weighted by atomic mass is 9.92. The number of hydrogen-bond acceptors (Lipinski definition) is 2. The quantitative estimate of drug-likeness (QED) is 0.248. The maximum Gasteiger partial charge on any atom is 0.416 e. The van der Waals surface area contributed by atoms with E-state index in [-0.39, 0.29) is 5.71 Å². The Balaban J connectivity index is 2.22. The molecule has 27 heavy (non-hydrogen) atoms. The van der Waals surface area contributed by atoms with Crippen molar-refractivity contribution in [3.05, 3.63) is 84.0 Å². The van der Waals surface area contributed by atoms with Crippen molar-refractivity contribution >= 4 is 33.0 Å². The molecule has 0 aliphatic heterocycles. The molecule has 0 bridgehead atoms. The number of carbonyl (C=O) groups excluding carboxylic acids is 1. The van der Waals surface area contributed by atoms with Gasteiger partial charge in [-0.05, 0) is 52.7 Å². The van der Waals surface area contributed by atoms with Crippen LogP contribution in [0.15, 0.2) is 72.8 Å². The number of carbonyl (C=O) groups is 1. The highest BCUT2D eigenvalue weighted by Crippen LogP contribution is 2.35. The first kappa shape index (κ1) is 18.6. The molecular weight excluding hydrogens is 351 g/mol. The summed E-state index contributed by atoms with van der Waals surface area (Å²) in [6.07, 6.45) is 2.04. The Morgan fingerprint density at radius 3 is 2.33 bits per heavy atom. The number of ketones is 1. The minimum atomic E-state index is -4.44. The molecule has 1 N–H and O–H groups in total. The van der Waals surface area contributed by atoms with Gasteiger partial charge >= 0.3 is 6.18 Å². The van der Waals surface area contributed by atoms with Crippen molar-refractivity contribution in [2.75, 3.05) is 0 Å². The van der Waals surface area contributed by atoms with Crippen LogP contribution in [-0.2, 0) is 6.18 Å². The fraction of sp³-hybridized carbons (Fsp3) is 0.0909. The van der Waals surface area contributed by atoms with Crippen molar-refractivity contribution in [1.29, 1.82) is 5.41 Å². The molecular formula is C22H16F3NO. The predicted octanol–water partition coefficient (Wildman–Crippen LogP) is 6.35. The van der Waals surface area contributed by atoms with E-state index >= 15 is 0 Å². The van der Waals surface area contributed by atoms with Gasteiger partial charge in [0, 0.05) is 5.56 Å². The topological polar surface area (TPSA) is 40.9 Å². The molecule has 2 nitrogen and oxygen atoms in total. The lowest BCUT2D eigenvalue weighted by Gasteiger charge is -2.12. The molecule has 0 aliphatic rings. The third kappa shape index (κ3) is 3.67. The average molecular weight is 367 g/mol. The smallest absolute Gasteiger partial charge is 0.297 e. The summed E-state index contributed by atoms with van der Waals surface area (Å²) in [5.74, 6) is -0.478. The molecule has 0 radical (unpaired) electrons. The van der Waals surface area contributed by atoms with Crippen LogP contribution in [0, 0.1) is 5.41 Å². The maximum atomic E-state index is 13.1. The predicted molar refractivity (Wildman–Crippen MR) is 102 cm³/mol. The van der Waals surface area contributed by atoms with Gasteiger partial charge in [-0.15, -0.1) is 0 Å². The van der Waals surface area contributed by atoms with Gasteiger partial charge in [0.25, 0.3) is 0 Å². The zero-order valence-corrected chi connectivity index (χ0v) is 14.5. The van der Waals surface area contributed by atoms with Crippen molar-refractivity contribution in [2.24, 2.45) is 0 Å². The van der Waals surface area contributed by atoms with E-state index in [0.29, 0.717) is 27.1 Å². The Bertz CT molecular complexity index is 1110. The van der Waals surface area contributed by atoms with E-state index in [9.17, 15) is 18.0 Å². The van der Waals surface area contributed by atoms with Crippen LogP contribution in [0.4, 0.5) is 13.2 Å². The number of allylic oxidation sites excluding steroid dienone is 4. The third-order valence-electron chi connectivity index (χ3n) is 4.24. The largest absolute Gasteiger partial charge is 0.416 e. The molecule has 0 spiro atoms. The van der Waals surface area contributed by atoms with Crippen molar-refractivity contribution < 1.29 is 18.0 Å². The van der Waals surface area contributed by atoms with Gasteiger partial charge in [0.2, 0.25) is 5.78 Å². The number of fused-ring (bicyclic) bond motifs is 3. The molecule has 0 fully saturated rings. The van der Waals surface area contributed by atoms with Crippen molar-refractivity contribution in [1.82, 2.24) is 0 Å². The molecule has 5 heteroatoms. The van der Waals surface area contributed by atoms with Gasteiger partial charge in [-0.2, -0.15) is 13.2 Å². The molecule has 0 unspecified atom stereocenters. The van der Waals surface area contributed by atoms with Crippen LogP contribution in [0.2, 0.25) is 0 Å². The van der Waals surface area contributed by atoms with Crippen LogP contribution in [0.1, 0.15) is 22.8 Å². The summed E-state index contributed by atoms with van der Waals surface area (Å²) in [7, 11) is 0. The Morgan fingerprint density at radius 2 is 1.67 bits per heavy atom. The van der Waals surface area contributed by atoms with E-state index in [1.165, 1.54) is 12.1 Å². The van der Waals surface area contributed by atoms with Crippen LogP contribution in [-0.4, -0.2) is 11.5 Å². The van der Waals surface area contributed by atoms with Gasteiger partial charge in [-0.1, -0.05) is 48.6 Å². The number of nitrogens with one attached hydrogen (secondary N) is 1. The number of halogens is 3. The number of benzene rings is 3. The molecule has 3 aromatic carbocycles. The van der Waals surface area contributed by atoms with Gasteiger partial charge < -0.3 is 0 Å². The van der Waals surface area contributed by atoms with Crippen LogP contribution in [0.25, 0.3) is 21.5 Å². The number of alkyl halides is 3. The van der Waals surface area contributed by atoms with Crippen LogP contribution in [0.3, 0.4) is 0 Å². The van der Waals surface area contributed by atoms with Gasteiger partial charge in [0.05, 0.1) is 5.56 Å². The standard InChI is InChI=1S/C22H16F3NO/c1-2-3-4-9-20(26)21(27)19-12-14-10-11-15(22(23,24)25)13-18(14)16-7-5-6-8-17(16)19/h2-13,26H,1H3/b3-2-,9-4-,26-20?. The van der Waals surface area contributed by atoms with E-state index in [2.05, 4.69) is 0 Å². The average Bonchev–Trinajstić information content (AvgIpc) is 2.65. The first-order valence-corrected chi connectivity index (χ1v) is 8.28. The number of Topliss-reactive ketones (excluding diaryl/α,β-unsaturated/α-hetero) is 1.